The summed E-state index contributed by atoms with van der Waals surface area (Å²) in [6.45, 7) is 4.18. The number of nitrogens with zero attached hydrogens (tertiary/aromatic N) is 3. The van der Waals surface area contributed by atoms with Gasteiger partial charge in [-0.05, 0) is 12.3 Å². The number of nitrogens with one attached hydrogen (secondary N) is 1. The molecule has 0 aliphatic carbocycles. The summed E-state index contributed by atoms with van der Waals surface area (Å²) < 4.78 is 0. The molecular formula is C12H16N4O2. The number of carbonyl (C=O) groups is 1. The van der Waals surface area contributed by atoms with Gasteiger partial charge in [-0.3, -0.25) is 4.79 Å². The molecule has 0 aromatic carbocycles. The Labute approximate surface area is 106 Å². The SMILES string of the molecule is CC(C)CC(CNc1nccnc1C#N)C(=O)O. The van der Waals surface area contributed by atoms with E-state index in [2.05, 4.69) is 15.3 Å². The van der Waals surface area contributed by atoms with Crippen LogP contribution in [0.25, 0.3) is 0 Å². The Morgan fingerprint density at radius 3 is 2.72 bits per heavy atom. The molecule has 0 bridgehead atoms. The van der Waals surface area contributed by atoms with Crippen LogP contribution in [0.2, 0.25) is 0 Å². The van der Waals surface area contributed by atoms with Gasteiger partial charge in [-0.2, -0.15) is 5.26 Å². The molecular weight excluding hydrogens is 232 g/mol. The van der Waals surface area contributed by atoms with Gasteiger partial charge in [-0.25, -0.2) is 9.97 Å². The monoisotopic (exact) mass is 248 g/mol. The van der Waals surface area contributed by atoms with Crippen LogP contribution in [0.4, 0.5) is 5.82 Å². The van der Waals surface area contributed by atoms with E-state index >= 15 is 0 Å². The molecule has 0 saturated heterocycles. The minimum Gasteiger partial charge on any atom is -0.481 e. The molecule has 1 rings (SSSR count). The van der Waals surface area contributed by atoms with Crippen LogP contribution in [0.3, 0.4) is 0 Å². The van der Waals surface area contributed by atoms with E-state index in [4.69, 9.17) is 10.4 Å². The predicted molar refractivity (Wildman–Crippen MR) is 65.8 cm³/mol. The number of anilines is 1. The maximum Gasteiger partial charge on any atom is 0.308 e. The van der Waals surface area contributed by atoms with E-state index in [0.29, 0.717) is 18.2 Å². The topological polar surface area (TPSA) is 98.9 Å². The third-order valence-electron chi connectivity index (χ3n) is 2.43. The van der Waals surface area contributed by atoms with Gasteiger partial charge in [0, 0.05) is 18.9 Å². The molecule has 1 aromatic rings. The second-order valence-corrected chi connectivity index (χ2v) is 4.41. The summed E-state index contributed by atoms with van der Waals surface area (Å²) in [5.41, 5.74) is 0.172. The van der Waals surface area contributed by atoms with Gasteiger partial charge in [0.25, 0.3) is 0 Å². The van der Waals surface area contributed by atoms with Gasteiger partial charge in [0.2, 0.25) is 0 Å². The van der Waals surface area contributed by atoms with Crippen molar-refractivity contribution in [3.63, 3.8) is 0 Å². The Hall–Kier alpha value is -2.16. The number of hydrogen-bond acceptors (Lipinski definition) is 5. The summed E-state index contributed by atoms with van der Waals surface area (Å²) in [5, 5.41) is 20.8. The summed E-state index contributed by atoms with van der Waals surface area (Å²) >= 11 is 0. The Morgan fingerprint density at radius 1 is 1.50 bits per heavy atom. The van der Waals surface area contributed by atoms with Crippen LogP contribution in [0.1, 0.15) is 26.0 Å². The second kappa shape index (κ2) is 6.55. The van der Waals surface area contributed by atoms with Crippen molar-refractivity contribution in [1.29, 1.82) is 5.26 Å². The lowest BCUT2D eigenvalue weighted by atomic mass is 9.97. The molecule has 0 aliphatic heterocycles. The lowest BCUT2D eigenvalue weighted by Crippen LogP contribution is -2.25. The molecule has 0 spiro atoms. The molecule has 1 atom stereocenters. The van der Waals surface area contributed by atoms with Gasteiger partial charge in [-0.15, -0.1) is 0 Å². The molecule has 1 aromatic heterocycles. The predicted octanol–water partition coefficient (Wildman–Crippen LogP) is 1.51. The smallest absolute Gasteiger partial charge is 0.308 e. The number of carboxylic acids is 1. The first-order valence-corrected chi connectivity index (χ1v) is 5.72. The largest absolute Gasteiger partial charge is 0.481 e. The van der Waals surface area contributed by atoms with Crippen LogP contribution in [0.15, 0.2) is 12.4 Å². The fourth-order valence-electron chi connectivity index (χ4n) is 1.61. The highest BCUT2D eigenvalue weighted by Crippen LogP contribution is 2.14. The van der Waals surface area contributed by atoms with Gasteiger partial charge < -0.3 is 10.4 Å². The van der Waals surface area contributed by atoms with Gasteiger partial charge in [0.1, 0.15) is 6.07 Å². The van der Waals surface area contributed by atoms with E-state index in [1.54, 1.807) is 0 Å². The molecule has 0 aliphatic rings. The summed E-state index contributed by atoms with van der Waals surface area (Å²) in [4.78, 5) is 18.9. The first-order chi connectivity index (χ1) is 8.54. The number of carboxylic acid groups (broad SMARTS) is 1. The van der Waals surface area contributed by atoms with Crippen molar-refractivity contribution in [2.75, 3.05) is 11.9 Å². The van der Waals surface area contributed by atoms with Crippen LogP contribution in [0, 0.1) is 23.2 Å². The fraction of sp³-hybridized carbons (Fsp3) is 0.500. The van der Waals surface area contributed by atoms with E-state index < -0.39 is 11.9 Å². The Balaban J connectivity index is 2.67. The number of hydrogen-bond donors (Lipinski definition) is 2. The highest BCUT2D eigenvalue weighted by molar-refractivity contribution is 5.70. The maximum atomic E-state index is 11.1. The normalized spacial score (nSPS) is 11.9. The van der Waals surface area contributed by atoms with Crippen molar-refractivity contribution in [2.24, 2.45) is 11.8 Å². The van der Waals surface area contributed by atoms with Crippen molar-refractivity contribution in [3.05, 3.63) is 18.1 Å². The van der Waals surface area contributed by atoms with Crippen molar-refractivity contribution < 1.29 is 9.90 Å². The molecule has 2 N–H and O–H groups in total. The van der Waals surface area contributed by atoms with Crippen molar-refractivity contribution in [1.82, 2.24) is 9.97 Å². The highest BCUT2D eigenvalue weighted by atomic mass is 16.4. The van der Waals surface area contributed by atoms with Crippen molar-refractivity contribution in [2.45, 2.75) is 20.3 Å². The Bertz CT molecular complexity index is 454. The zero-order valence-electron chi connectivity index (χ0n) is 10.4. The number of rotatable bonds is 6. The first kappa shape index (κ1) is 13.9. The van der Waals surface area contributed by atoms with E-state index in [-0.39, 0.29) is 12.2 Å². The molecule has 0 radical (unpaired) electrons. The minimum atomic E-state index is -0.849. The van der Waals surface area contributed by atoms with Crippen LogP contribution >= 0.6 is 0 Å². The summed E-state index contributed by atoms with van der Waals surface area (Å²) in [6, 6.07) is 1.91. The Morgan fingerprint density at radius 2 is 2.17 bits per heavy atom. The summed E-state index contributed by atoms with van der Waals surface area (Å²) in [6.07, 6.45) is 3.46. The number of aromatic nitrogens is 2. The number of aliphatic carboxylic acids is 1. The molecule has 1 unspecified atom stereocenters. The van der Waals surface area contributed by atoms with Crippen LogP contribution in [-0.4, -0.2) is 27.6 Å². The van der Waals surface area contributed by atoms with Gasteiger partial charge in [-0.1, -0.05) is 13.8 Å². The van der Waals surface area contributed by atoms with E-state index in [1.807, 2.05) is 19.9 Å². The molecule has 6 heteroatoms. The summed E-state index contributed by atoms with van der Waals surface area (Å²) in [5.74, 6) is -0.725. The Kier molecular flexibility index (Phi) is 5.06. The zero-order chi connectivity index (χ0) is 13.5. The molecule has 18 heavy (non-hydrogen) atoms. The minimum absolute atomic E-state index is 0.172. The molecule has 1 heterocycles. The van der Waals surface area contributed by atoms with Crippen molar-refractivity contribution >= 4 is 11.8 Å². The lowest BCUT2D eigenvalue weighted by molar-refractivity contribution is -0.141. The van der Waals surface area contributed by atoms with Crippen molar-refractivity contribution in [3.8, 4) is 6.07 Å². The molecule has 6 nitrogen and oxygen atoms in total. The highest BCUT2D eigenvalue weighted by Gasteiger charge is 2.19. The summed E-state index contributed by atoms with van der Waals surface area (Å²) in [7, 11) is 0. The molecule has 96 valence electrons. The van der Waals surface area contributed by atoms with Gasteiger partial charge in [0.15, 0.2) is 11.5 Å². The molecule has 0 fully saturated rings. The number of nitriles is 1. The van der Waals surface area contributed by atoms with E-state index in [1.165, 1.54) is 12.4 Å². The average molecular weight is 248 g/mol. The van der Waals surface area contributed by atoms with Crippen LogP contribution in [0.5, 0.6) is 0 Å². The maximum absolute atomic E-state index is 11.1. The van der Waals surface area contributed by atoms with E-state index in [9.17, 15) is 4.79 Å². The second-order valence-electron chi connectivity index (χ2n) is 4.41. The molecule has 0 amide bonds. The van der Waals surface area contributed by atoms with Crippen LogP contribution < -0.4 is 5.32 Å². The van der Waals surface area contributed by atoms with Gasteiger partial charge in [0.05, 0.1) is 5.92 Å². The third kappa shape index (κ3) is 4.01. The van der Waals surface area contributed by atoms with Gasteiger partial charge >= 0.3 is 5.97 Å². The lowest BCUT2D eigenvalue weighted by Gasteiger charge is -2.15. The third-order valence-corrected chi connectivity index (χ3v) is 2.43. The first-order valence-electron chi connectivity index (χ1n) is 5.72. The van der Waals surface area contributed by atoms with E-state index in [0.717, 1.165) is 0 Å². The quantitative estimate of drug-likeness (QED) is 0.791. The average Bonchev–Trinajstić information content (AvgIpc) is 2.34. The fourth-order valence-corrected chi connectivity index (χ4v) is 1.61. The standard InChI is InChI=1S/C12H16N4O2/c1-8(2)5-9(12(17)18)7-16-11-10(6-13)14-3-4-15-11/h3-4,8-9H,5,7H2,1-2H3,(H,15,16)(H,17,18). The molecule has 0 saturated carbocycles. The van der Waals surface area contributed by atoms with Crippen LogP contribution in [-0.2, 0) is 4.79 Å². The zero-order valence-corrected chi connectivity index (χ0v) is 10.4.